The third kappa shape index (κ3) is 13.0. The van der Waals surface area contributed by atoms with Crippen molar-refractivity contribution in [2.75, 3.05) is 26.2 Å². The highest BCUT2D eigenvalue weighted by molar-refractivity contribution is 6.74. The number of hydrogen-bond donors (Lipinski definition) is 0. The first-order valence-corrected chi connectivity index (χ1v) is 21.5. The van der Waals surface area contributed by atoms with Crippen molar-refractivity contribution in [1.82, 2.24) is 19.6 Å². The Morgan fingerprint density at radius 1 is 0.854 bits per heavy atom. The lowest BCUT2D eigenvalue weighted by Crippen LogP contribution is -2.46. The summed E-state index contributed by atoms with van der Waals surface area (Å²) in [6.07, 6.45) is 10.1. The minimum atomic E-state index is -1.95. The zero-order chi connectivity index (χ0) is 35.8. The molecule has 1 aliphatic heterocycles. The van der Waals surface area contributed by atoms with Gasteiger partial charge in [0.2, 0.25) is 0 Å². The highest BCUT2D eigenvalue weighted by atomic mass is 28.4. The standard InChI is InChI=1S/C37H68N4O6Si/c1-35(2,3)46-33(42)39(24-18-25-40(30-20-13-12-14-21-30)34(43)47-36(4,5)6)23-17-19-29-27-31(28-45-48(10,11)37(7,8)9)41(38-29)32-22-15-16-26-44-32/h27,30,32H,12-26,28H2,1-11H3. The summed E-state index contributed by atoms with van der Waals surface area (Å²) in [7, 11) is -1.95. The van der Waals surface area contributed by atoms with Crippen molar-refractivity contribution in [2.45, 2.75) is 181 Å². The number of nitrogens with zero attached hydrogens (tertiary/aromatic N) is 4. The lowest BCUT2D eigenvalue weighted by atomic mass is 9.94. The molecule has 2 aliphatic rings. The van der Waals surface area contributed by atoms with Gasteiger partial charge in [-0.1, -0.05) is 40.0 Å². The van der Waals surface area contributed by atoms with E-state index in [1.807, 2.05) is 51.1 Å². The molecule has 11 heteroatoms. The molecule has 0 N–H and O–H groups in total. The van der Waals surface area contributed by atoms with Crippen LogP contribution in [0.2, 0.25) is 18.1 Å². The number of aryl methyl sites for hydroxylation is 1. The van der Waals surface area contributed by atoms with Crippen molar-refractivity contribution in [3.05, 3.63) is 17.5 Å². The van der Waals surface area contributed by atoms with Gasteiger partial charge in [0.15, 0.2) is 14.5 Å². The van der Waals surface area contributed by atoms with Crippen LogP contribution in [0.4, 0.5) is 9.59 Å². The van der Waals surface area contributed by atoms with Crippen LogP contribution in [0.25, 0.3) is 0 Å². The number of amides is 2. The van der Waals surface area contributed by atoms with E-state index in [9.17, 15) is 9.59 Å². The summed E-state index contributed by atoms with van der Waals surface area (Å²) in [6.45, 7) is 25.6. The lowest BCUT2D eigenvalue weighted by Gasteiger charge is -2.36. The van der Waals surface area contributed by atoms with E-state index >= 15 is 0 Å². The molecule has 1 saturated heterocycles. The molecule has 0 bridgehead atoms. The van der Waals surface area contributed by atoms with Crippen LogP contribution in [-0.2, 0) is 31.7 Å². The first kappa shape index (κ1) is 40.3. The molecule has 1 unspecified atom stereocenters. The minimum Gasteiger partial charge on any atom is -0.444 e. The van der Waals surface area contributed by atoms with Gasteiger partial charge in [0.05, 0.1) is 18.0 Å². The summed E-state index contributed by atoms with van der Waals surface area (Å²) >= 11 is 0. The molecule has 1 saturated carbocycles. The second-order valence-corrected chi connectivity index (χ2v) is 22.1. The van der Waals surface area contributed by atoms with Gasteiger partial charge in [0, 0.05) is 32.3 Å². The average molecular weight is 693 g/mol. The summed E-state index contributed by atoms with van der Waals surface area (Å²) in [5, 5.41) is 5.14. The molecular weight excluding hydrogens is 625 g/mol. The summed E-state index contributed by atoms with van der Waals surface area (Å²) in [6, 6.07) is 2.34. The van der Waals surface area contributed by atoms with Crippen molar-refractivity contribution < 1.29 is 28.2 Å². The first-order valence-electron chi connectivity index (χ1n) is 18.6. The van der Waals surface area contributed by atoms with Crippen molar-refractivity contribution in [1.29, 1.82) is 0 Å². The Labute approximate surface area is 292 Å². The Balaban J connectivity index is 1.69. The van der Waals surface area contributed by atoms with E-state index in [4.69, 9.17) is 23.7 Å². The minimum absolute atomic E-state index is 0.0686. The van der Waals surface area contributed by atoms with E-state index in [1.54, 1.807) is 4.90 Å². The Morgan fingerprint density at radius 2 is 1.46 bits per heavy atom. The average Bonchev–Trinajstić information content (AvgIpc) is 3.39. The maximum atomic E-state index is 13.4. The fourth-order valence-electron chi connectivity index (χ4n) is 6.00. The van der Waals surface area contributed by atoms with Crippen LogP contribution >= 0.6 is 0 Å². The van der Waals surface area contributed by atoms with E-state index in [2.05, 4.69) is 39.9 Å². The van der Waals surface area contributed by atoms with Crippen LogP contribution in [0.1, 0.15) is 144 Å². The predicted molar refractivity (Wildman–Crippen MR) is 194 cm³/mol. The molecule has 2 heterocycles. The van der Waals surface area contributed by atoms with E-state index in [-0.39, 0.29) is 29.5 Å². The molecule has 1 aromatic rings. The van der Waals surface area contributed by atoms with Crippen LogP contribution in [0, 0.1) is 0 Å². The van der Waals surface area contributed by atoms with Crippen molar-refractivity contribution in [3.63, 3.8) is 0 Å². The molecular formula is C37H68N4O6Si. The van der Waals surface area contributed by atoms with Crippen LogP contribution in [-0.4, -0.2) is 83.6 Å². The summed E-state index contributed by atoms with van der Waals surface area (Å²) in [5.41, 5.74) is 0.878. The van der Waals surface area contributed by atoms with Gasteiger partial charge in [-0.25, -0.2) is 14.3 Å². The van der Waals surface area contributed by atoms with Crippen LogP contribution in [0.15, 0.2) is 6.07 Å². The van der Waals surface area contributed by atoms with E-state index < -0.39 is 19.5 Å². The largest absolute Gasteiger partial charge is 0.444 e. The Kier molecular flexibility index (Phi) is 14.5. The van der Waals surface area contributed by atoms with Crippen LogP contribution in [0.3, 0.4) is 0 Å². The molecule has 1 aliphatic carbocycles. The summed E-state index contributed by atoms with van der Waals surface area (Å²) in [4.78, 5) is 30.3. The zero-order valence-electron chi connectivity index (χ0n) is 32.3. The van der Waals surface area contributed by atoms with Gasteiger partial charge < -0.3 is 28.4 Å². The van der Waals surface area contributed by atoms with E-state index in [0.29, 0.717) is 32.7 Å². The van der Waals surface area contributed by atoms with Gasteiger partial charge in [-0.05, 0) is 117 Å². The van der Waals surface area contributed by atoms with Gasteiger partial charge in [-0.3, -0.25) is 0 Å². The molecule has 0 spiro atoms. The lowest BCUT2D eigenvalue weighted by molar-refractivity contribution is -0.0426. The normalized spacial score (nSPS) is 18.4. The topological polar surface area (TPSA) is 95.4 Å². The highest BCUT2D eigenvalue weighted by Gasteiger charge is 2.37. The number of carbonyl (C=O) groups is 2. The van der Waals surface area contributed by atoms with Crippen molar-refractivity contribution in [2.24, 2.45) is 0 Å². The second-order valence-electron chi connectivity index (χ2n) is 17.3. The number of rotatable bonds is 13. The first-order chi connectivity index (χ1) is 22.3. The Bertz CT molecular complexity index is 1150. The molecule has 0 aromatic carbocycles. The Morgan fingerprint density at radius 3 is 2.04 bits per heavy atom. The third-order valence-corrected chi connectivity index (χ3v) is 14.1. The van der Waals surface area contributed by atoms with Gasteiger partial charge in [0.1, 0.15) is 11.2 Å². The zero-order valence-corrected chi connectivity index (χ0v) is 33.3. The number of ether oxygens (including phenoxy) is 3. The maximum Gasteiger partial charge on any atom is 0.410 e. The maximum absolute atomic E-state index is 13.4. The molecule has 3 rings (SSSR count). The van der Waals surface area contributed by atoms with E-state index in [1.165, 1.54) is 6.42 Å². The molecule has 1 aromatic heterocycles. The predicted octanol–water partition coefficient (Wildman–Crippen LogP) is 9.23. The molecule has 2 amide bonds. The Hall–Kier alpha value is -2.11. The number of hydrogen-bond acceptors (Lipinski definition) is 7. The fourth-order valence-corrected chi connectivity index (χ4v) is 6.94. The molecule has 0 radical (unpaired) electrons. The van der Waals surface area contributed by atoms with Crippen LogP contribution < -0.4 is 0 Å². The molecule has 10 nitrogen and oxygen atoms in total. The van der Waals surface area contributed by atoms with Crippen molar-refractivity contribution >= 4 is 20.5 Å². The monoisotopic (exact) mass is 692 g/mol. The van der Waals surface area contributed by atoms with Crippen LogP contribution in [0.5, 0.6) is 0 Å². The smallest absolute Gasteiger partial charge is 0.410 e. The summed E-state index contributed by atoms with van der Waals surface area (Å²) in [5.74, 6) is 0. The quantitative estimate of drug-likeness (QED) is 0.190. The molecule has 276 valence electrons. The van der Waals surface area contributed by atoms with Crippen molar-refractivity contribution in [3.8, 4) is 0 Å². The van der Waals surface area contributed by atoms with Gasteiger partial charge >= 0.3 is 12.2 Å². The number of aromatic nitrogens is 2. The summed E-state index contributed by atoms with van der Waals surface area (Å²) < 4.78 is 26.4. The number of carbonyl (C=O) groups excluding carboxylic acids is 2. The molecule has 1 atom stereocenters. The van der Waals surface area contributed by atoms with Gasteiger partial charge in [-0.15, -0.1) is 0 Å². The highest BCUT2D eigenvalue weighted by Crippen LogP contribution is 2.37. The third-order valence-electron chi connectivity index (χ3n) is 9.66. The second kappa shape index (κ2) is 17.2. The van der Waals surface area contributed by atoms with Gasteiger partial charge in [0.25, 0.3) is 0 Å². The SMILES string of the molecule is CC(C)(C)OC(=O)N(CCCc1cc(CO[Si](C)(C)C(C)(C)C)n(C2CCCCO2)n1)CCCN(C(=O)OC(C)(C)C)C1CCCCC1. The van der Waals surface area contributed by atoms with Gasteiger partial charge in [-0.2, -0.15) is 5.10 Å². The molecule has 48 heavy (non-hydrogen) atoms. The molecule has 2 fully saturated rings. The van der Waals surface area contributed by atoms with E-state index in [0.717, 1.165) is 75.8 Å². The fraction of sp³-hybridized carbons (Fsp3) is 0.865.